The zero-order valence-electron chi connectivity index (χ0n) is 10.7. The lowest BCUT2D eigenvalue weighted by atomic mass is 10.2. The molecule has 2 N–H and O–H groups in total. The van der Waals surface area contributed by atoms with Crippen molar-refractivity contribution >= 4 is 28.6 Å². The summed E-state index contributed by atoms with van der Waals surface area (Å²) in [6.45, 7) is 0. The SMILES string of the molecule is CNC(=O)CSc1nnc(-c2c[nH]c3ccccc23)o1. The van der Waals surface area contributed by atoms with Gasteiger partial charge in [-0.05, 0) is 6.07 Å². The molecular weight excluding hydrogens is 276 g/mol. The lowest BCUT2D eigenvalue weighted by Gasteiger charge is -1.95. The summed E-state index contributed by atoms with van der Waals surface area (Å²) >= 11 is 1.21. The molecule has 0 saturated carbocycles. The summed E-state index contributed by atoms with van der Waals surface area (Å²) in [6.07, 6.45) is 1.84. The molecule has 1 aromatic carbocycles. The minimum atomic E-state index is -0.0816. The van der Waals surface area contributed by atoms with Crippen LogP contribution in [0.2, 0.25) is 0 Å². The second-order valence-electron chi connectivity index (χ2n) is 4.08. The van der Waals surface area contributed by atoms with Gasteiger partial charge in [-0.3, -0.25) is 4.79 Å². The molecule has 0 aliphatic heterocycles. The van der Waals surface area contributed by atoms with Crippen molar-refractivity contribution in [3.05, 3.63) is 30.5 Å². The zero-order valence-corrected chi connectivity index (χ0v) is 11.5. The number of carbonyl (C=O) groups excluding carboxylic acids is 1. The van der Waals surface area contributed by atoms with Gasteiger partial charge in [-0.25, -0.2) is 0 Å². The highest BCUT2D eigenvalue weighted by molar-refractivity contribution is 7.99. The van der Waals surface area contributed by atoms with Gasteiger partial charge in [0.05, 0.1) is 11.3 Å². The van der Waals surface area contributed by atoms with Crippen molar-refractivity contribution in [2.24, 2.45) is 0 Å². The molecule has 2 aromatic heterocycles. The Morgan fingerprint density at radius 1 is 1.40 bits per heavy atom. The Kier molecular flexibility index (Phi) is 3.42. The Bertz CT molecular complexity index is 750. The highest BCUT2D eigenvalue weighted by Gasteiger charge is 2.13. The van der Waals surface area contributed by atoms with Gasteiger partial charge >= 0.3 is 0 Å². The van der Waals surface area contributed by atoms with Crippen LogP contribution in [-0.4, -0.2) is 33.9 Å². The van der Waals surface area contributed by atoms with Crippen molar-refractivity contribution in [1.29, 1.82) is 0 Å². The number of hydrogen-bond donors (Lipinski definition) is 2. The molecule has 0 aliphatic rings. The quantitative estimate of drug-likeness (QED) is 0.718. The number of carbonyl (C=O) groups is 1. The van der Waals surface area contributed by atoms with Crippen LogP contribution in [0.5, 0.6) is 0 Å². The van der Waals surface area contributed by atoms with Crippen LogP contribution in [0, 0.1) is 0 Å². The maximum absolute atomic E-state index is 11.2. The van der Waals surface area contributed by atoms with Crippen LogP contribution >= 0.6 is 11.8 Å². The van der Waals surface area contributed by atoms with Gasteiger partial charge in [0.1, 0.15) is 0 Å². The predicted octanol–water partition coefficient (Wildman–Crippen LogP) is 2.06. The summed E-state index contributed by atoms with van der Waals surface area (Å²) in [6, 6.07) is 7.89. The first-order valence-corrected chi connectivity index (χ1v) is 7.00. The fraction of sp³-hybridized carbons (Fsp3) is 0.154. The molecule has 20 heavy (non-hydrogen) atoms. The summed E-state index contributed by atoms with van der Waals surface area (Å²) in [5.74, 6) is 0.621. The third-order valence-corrected chi connectivity index (χ3v) is 3.65. The highest BCUT2D eigenvalue weighted by Crippen LogP contribution is 2.29. The maximum Gasteiger partial charge on any atom is 0.277 e. The number of aromatic amines is 1. The standard InChI is InChI=1S/C13H12N4O2S/c1-14-11(18)7-20-13-17-16-12(19-13)9-6-15-10-5-3-2-4-8(9)10/h2-6,15H,7H2,1H3,(H,14,18). The predicted molar refractivity (Wildman–Crippen MR) is 76.4 cm³/mol. The van der Waals surface area contributed by atoms with E-state index in [0.29, 0.717) is 11.1 Å². The molecular formula is C13H12N4O2S. The number of para-hydroxylation sites is 1. The number of thioether (sulfide) groups is 1. The Morgan fingerprint density at radius 2 is 2.25 bits per heavy atom. The van der Waals surface area contributed by atoms with E-state index in [9.17, 15) is 4.79 Å². The van der Waals surface area contributed by atoms with Gasteiger partial charge in [-0.15, -0.1) is 10.2 Å². The minimum absolute atomic E-state index is 0.0816. The molecule has 0 fully saturated rings. The third-order valence-electron chi connectivity index (χ3n) is 2.83. The topological polar surface area (TPSA) is 83.8 Å². The Balaban J connectivity index is 1.84. The number of benzene rings is 1. The molecule has 7 heteroatoms. The number of aromatic nitrogens is 3. The normalized spacial score (nSPS) is 10.8. The van der Waals surface area contributed by atoms with Crippen molar-refractivity contribution in [2.45, 2.75) is 5.22 Å². The fourth-order valence-corrected chi connectivity index (χ4v) is 2.46. The number of hydrogen-bond acceptors (Lipinski definition) is 5. The molecule has 0 atom stereocenters. The molecule has 2 heterocycles. The van der Waals surface area contributed by atoms with Crippen molar-refractivity contribution in [3.63, 3.8) is 0 Å². The molecule has 0 spiro atoms. The van der Waals surface area contributed by atoms with Crippen LogP contribution in [0.1, 0.15) is 0 Å². The molecule has 3 aromatic rings. The average molecular weight is 288 g/mol. The van der Waals surface area contributed by atoms with Crippen LogP contribution in [0.25, 0.3) is 22.4 Å². The number of nitrogens with one attached hydrogen (secondary N) is 2. The van der Waals surface area contributed by atoms with E-state index in [2.05, 4.69) is 20.5 Å². The van der Waals surface area contributed by atoms with Crippen LogP contribution in [-0.2, 0) is 4.79 Å². The summed E-state index contributed by atoms with van der Waals surface area (Å²) in [5.41, 5.74) is 1.88. The van der Waals surface area contributed by atoms with Crippen LogP contribution in [0.3, 0.4) is 0 Å². The van der Waals surface area contributed by atoms with E-state index < -0.39 is 0 Å². The number of fused-ring (bicyclic) bond motifs is 1. The fourth-order valence-electron chi connectivity index (χ4n) is 1.82. The first kappa shape index (κ1) is 12.7. The Labute approximate surface area is 119 Å². The molecule has 0 unspecified atom stereocenters. The lowest BCUT2D eigenvalue weighted by molar-refractivity contribution is -0.118. The lowest BCUT2D eigenvalue weighted by Crippen LogP contribution is -2.19. The van der Waals surface area contributed by atoms with E-state index in [0.717, 1.165) is 16.5 Å². The molecule has 1 amide bonds. The zero-order chi connectivity index (χ0) is 13.9. The van der Waals surface area contributed by atoms with Gasteiger partial charge in [0.25, 0.3) is 11.1 Å². The molecule has 0 radical (unpaired) electrons. The van der Waals surface area contributed by atoms with E-state index in [1.54, 1.807) is 7.05 Å². The van der Waals surface area contributed by atoms with E-state index in [1.165, 1.54) is 11.8 Å². The van der Waals surface area contributed by atoms with Gasteiger partial charge in [-0.2, -0.15) is 0 Å². The molecule has 102 valence electrons. The second-order valence-corrected chi connectivity index (χ2v) is 5.01. The summed E-state index contributed by atoms with van der Waals surface area (Å²) in [7, 11) is 1.59. The van der Waals surface area contributed by atoms with Gasteiger partial charge < -0.3 is 14.7 Å². The Hall–Kier alpha value is -2.28. The molecule has 3 rings (SSSR count). The molecule has 0 bridgehead atoms. The van der Waals surface area contributed by atoms with Crippen LogP contribution < -0.4 is 5.32 Å². The van der Waals surface area contributed by atoms with E-state index in [4.69, 9.17) is 4.42 Å². The summed E-state index contributed by atoms with van der Waals surface area (Å²) in [4.78, 5) is 14.3. The van der Waals surface area contributed by atoms with Gasteiger partial charge in [0, 0.05) is 24.1 Å². The number of rotatable bonds is 4. The summed E-state index contributed by atoms with van der Waals surface area (Å²) < 4.78 is 5.57. The average Bonchev–Trinajstić information content (AvgIpc) is 3.10. The Morgan fingerprint density at radius 3 is 3.10 bits per heavy atom. The van der Waals surface area contributed by atoms with Crippen molar-refractivity contribution in [1.82, 2.24) is 20.5 Å². The minimum Gasteiger partial charge on any atom is -0.411 e. The molecule has 0 saturated heterocycles. The number of H-pyrrole nitrogens is 1. The number of amides is 1. The van der Waals surface area contributed by atoms with Crippen LogP contribution in [0.15, 0.2) is 40.1 Å². The van der Waals surface area contributed by atoms with E-state index >= 15 is 0 Å². The van der Waals surface area contributed by atoms with Crippen LogP contribution in [0.4, 0.5) is 0 Å². The summed E-state index contributed by atoms with van der Waals surface area (Å²) in [5, 5.41) is 11.9. The van der Waals surface area contributed by atoms with E-state index in [-0.39, 0.29) is 11.7 Å². The first-order chi connectivity index (χ1) is 9.78. The van der Waals surface area contributed by atoms with Crippen molar-refractivity contribution in [2.75, 3.05) is 12.8 Å². The smallest absolute Gasteiger partial charge is 0.277 e. The monoisotopic (exact) mass is 288 g/mol. The van der Waals surface area contributed by atoms with Gasteiger partial charge in [0.15, 0.2) is 0 Å². The largest absolute Gasteiger partial charge is 0.411 e. The second kappa shape index (κ2) is 5.38. The van der Waals surface area contributed by atoms with Gasteiger partial charge in [0.2, 0.25) is 5.91 Å². The molecule has 6 nitrogen and oxygen atoms in total. The van der Waals surface area contributed by atoms with Crippen molar-refractivity contribution in [3.8, 4) is 11.5 Å². The first-order valence-electron chi connectivity index (χ1n) is 6.01. The maximum atomic E-state index is 11.2. The van der Waals surface area contributed by atoms with Gasteiger partial charge in [-0.1, -0.05) is 30.0 Å². The van der Waals surface area contributed by atoms with Crippen molar-refractivity contribution < 1.29 is 9.21 Å². The molecule has 0 aliphatic carbocycles. The highest BCUT2D eigenvalue weighted by atomic mass is 32.2. The third kappa shape index (κ3) is 2.39. The van der Waals surface area contributed by atoms with E-state index in [1.807, 2.05) is 30.5 Å². The number of nitrogens with zero attached hydrogens (tertiary/aromatic N) is 2.